The third-order valence-electron chi connectivity index (χ3n) is 5.67. The first-order chi connectivity index (χ1) is 14.4. The van der Waals surface area contributed by atoms with E-state index < -0.39 is 10.0 Å². The normalized spacial score (nSPS) is 19.3. The minimum atomic E-state index is -3.70. The van der Waals surface area contributed by atoms with E-state index in [4.69, 9.17) is 0 Å². The molecule has 1 aromatic carbocycles. The third-order valence-corrected chi connectivity index (χ3v) is 7.62. The summed E-state index contributed by atoms with van der Waals surface area (Å²) >= 11 is 0. The van der Waals surface area contributed by atoms with Crippen LogP contribution in [0.25, 0.3) is 0 Å². The Morgan fingerprint density at radius 2 is 1.67 bits per heavy atom. The molecule has 166 valence electrons. The van der Waals surface area contributed by atoms with Gasteiger partial charge in [0, 0.05) is 45.8 Å². The van der Waals surface area contributed by atoms with Gasteiger partial charge in [-0.15, -0.1) is 0 Å². The fourth-order valence-corrected chi connectivity index (χ4v) is 5.77. The molecule has 30 heavy (non-hydrogen) atoms. The van der Waals surface area contributed by atoms with Gasteiger partial charge in [-0.05, 0) is 38.3 Å². The molecule has 3 rings (SSSR count). The predicted octanol–water partition coefficient (Wildman–Crippen LogP) is 1.15. The van der Waals surface area contributed by atoms with E-state index in [1.54, 1.807) is 23.1 Å². The Morgan fingerprint density at radius 3 is 2.40 bits per heavy atom. The van der Waals surface area contributed by atoms with E-state index in [2.05, 4.69) is 5.32 Å². The Balaban J connectivity index is 1.74. The number of piperidine rings is 1. The van der Waals surface area contributed by atoms with E-state index in [1.165, 1.54) is 10.4 Å². The van der Waals surface area contributed by atoms with Crippen LogP contribution >= 0.6 is 0 Å². The molecule has 0 spiro atoms. The van der Waals surface area contributed by atoms with Gasteiger partial charge >= 0.3 is 0 Å². The molecule has 1 aromatic rings. The standard InChI is InChI=1S/C21H32N4O4S/c1-2-22-20(26)17-23-11-8-12-24(16-15-23)21(27)18-9-4-5-10-19(18)30(28,29)25-13-6-3-7-14-25/h4-5,9-10H,2-3,6-8,11-17H2,1H3,(H,22,26). The van der Waals surface area contributed by atoms with Gasteiger partial charge in [0.15, 0.2) is 0 Å². The Morgan fingerprint density at radius 1 is 0.933 bits per heavy atom. The highest BCUT2D eigenvalue weighted by Gasteiger charge is 2.31. The zero-order valence-electron chi connectivity index (χ0n) is 17.7. The second-order valence-electron chi connectivity index (χ2n) is 7.84. The molecular formula is C21H32N4O4S. The highest BCUT2D eigenvalue weighted by molar-refractivity contribution is 7.89. The number of carbonyl (C=O) groups excluding carboxylic acids is 2. The van der Waals surface area contributed by atoms with Crippen molar-refractivity contribution in [3.8, 4) is 0 Å². The number of amides is 2. The van der Waals surface area contributed by atoms with E-state index in [0.717, 1.165) is 32.2 Å². The second-order valence-corrected chi connectivity index (χ2v) is 9.74. The van der Waals surface area contributed by atoms with Crippen molar-refractivity contribution in [1.82, 2.24) is 19.4 Å². The number of benzene rings is 1. The van der Waals surface area contributed by atoms with Crippen LogP contribution in [0.4, 0.5) is 0 Å². The first kappa shape index (κ1) is 22.7. The van der Waals surface area contributed by atoms with Crippen LogP contribution in [0.1, 0.15) is 43.0 Å². The zero-order chi connectivity index (χ0) is 21.6. The lowest BCUT2D eigenvalue weighted by Gasteiger charge is -2.28. The number of likely N-dealkylation sites (N-methyl/N-ethyl adjacent to an activating group) is 1. The van der Waals surface area contributed by atoms with Gasteiger partial charge in [-0.3, -0.25) is 14.5 Å². The lowest BCUT2D eigenvalue weighted by molar-refractivity contribution is -0.122. The molecule has 2 amide bonds. The van der Waals surface area contributed by atoms with Gasteiger partial charge in [-0.2, -0.15) is 4.31 Å². The van der Waals surface area contributed by atoms with Gasteiger partial charge in [0.25, 0.3) is 5.91 Å². The summed E-state index contributed by atoms with van der Waals surface area (Å²) < 4.78 is 27.9. The SMILES string of the molecule is CCNC(=O)CN1CCCN(C(=O)c2ccccc2S(=O)(=O)N2CCCCC2)CC1. The minimum Gasteiger partial charge on any atom is -0.355 e. The molecule has 0 radical (unpaired) electrons. The number of hydrogen-bond donors (Lipinski definition) is 1. The third kappa shape index (κ3) is 5.39. The van der Waals surface area contributed by atoms with Gasteiger partial charge < -0.3 is 10.2 Å². The van der Waals surface area contributed by atoms with Crippen molar-refractivity contribution in [3.05, 3.63) is 29.8 Å². The van der Waals surface area contributed by atoms with Crippen LogP contribution in [0.3, 0.4) is 0 Å². The molecule has 0 bridgehead atoms. The van der Waals surface area contributed by atoms with Crippen molar-refractivity contribution < 1.29 is 18.0 Å². The molecule has 0 aromatic heterocycles. The molecule has 9 heteroatoms. The van der Waals surface area contributed by atoms with Crippen molar-refractivity contribution in [2.75, 3.05) is 52.4 Å². The van der Waals surface area contributed by atoms with Crippen LogP contribution in [0.15, 0.2) is 29.2 Å². The smallest absolute Gasteiger partial charge is 0.255 e. The molecule has 2 heterocycles. The van der Waals surface area contributed by atoms with Crippen LogP contribution in [0, 0.1) is 0 Å². The van der Waals surface area contributed by atoms with Crippen molar-refractivity contribution in [3.63, 3.8) is 0 Å². The Bertz CT molecular complexity index is 852. The number of nitrogens with zero attached hydrogens (tertiary/aromatic N) is 3. The quantitative estimate of drug-likeness (QED) is 0.722. The molecule has 2 aliphatic rings. The van der Waals surface area contributed by atoms with Crippen molar-refractivity contribution >= 4 is 21.8 Å². The zero-order valence-corrected chi connectivity index (χ0v) is 18.5. The maximum atomic E-state index is 13.3. The molecule has 0 aliphatic carbocycles. The molecule has 8 nitrogen and oxygen atoms in total. The van der Waals surface area contributed by atoms with Crippen LogP contribution in [0.5, 0.6) is 0 Å². The summed E-state index contributed by atoms with van der Waals surface area (Å²) in [6.45, 7) is 6.13. The van der Waals surface area contributed by atoms with E-state index >= 15 is 0 Å². The minimum absolute atomic E-state index is 0.0183. The largest absolute Gasteiger partial charge is 0.355 e. The highest BCUT2D eigenvalue weighted by Crippen LogP contribution is 2.25. The van der Waals surface area contributed by atoms with Gasteiger partial charge in [0.2, 0.25) is 15.9 Å². The summed E-state index contributed by atoms with van der Waals surface area (Å²) in [5.74, 6) is -0.277. The second kappa shape index (κ2) is 10.4. The van der Waals surface area contributed by atoms with Crippen molar-refractivity contribution in [1.29, 1.82) is 0 Å². The topological polar surface area (TPSA) is 90.0 Å². The summed E-state index contributed by atoms with van der Waals surface area (Å²) in [4.78, 5) is 29.0. The van der Waals surface area contributed by atoms with E-state index in [-0.39, 0.29) is 22.3 Å². The highest BCUT2D eigenvalue weighted by atomic mass is 32.2. The first-order valence-electron chi connectivity index (χ1n) is 10.8. The molecule has 1 N–H and O–H groups in total. The Kier molecular flexibility index (Phi) is 7.85. The number of nitrogens with one attached hydrogen (secondary N) is 1. The lowest BCUT2D eigenvalue weighted by atomic mass is 10.2. The molecular weight excluding hydrogens is 404 g/mol. The van der Waals surface area contributed by atoms with Crippen LogP contribution < -0.4 is 5.32 Å². The summed E-state index contributed by atoms with van der Waals surface area (Å²) in [7, 11) is -3.70. The number of hydrogen-bond acceptors (Lipinski definition) is 5. The van der Waals surface area contributed by atoms with E-state index in [1.807, 2.05) is 11.8 Å². The number of sulfonamides is 1. The molecule has 0 unspecified atom stereocenters. The van der Waals surface area contributed by atoms with Crippen LogP contribution in [0.2, 0.25) is 0 Å². The lowest BCUT2D eigenvalue weighted by Crippen LogP contribution is -2.40. The molecule has 2 fully saturated rings. The predicted molar refractivity (Wildman–Crippen MR) is 115 cm³/mol. The van der Waals surface area contributed by atoms with E-state index in [9.17, 15) is 18.0 Å². The average molecular weight is 437 g/mol. The average Bonchev–Trinajstić information content (AvgIpc) is 2.99. The molecule has 0 atom stereocenters. The van der Waals surface area contributed by atoms with Gasteiger partial charge in [-0.1, -0.05) is 18.6 Å². The van der Waals surface area contributed by atoms with Gasteiger partial charge in [0.05, 0.1) is 17.0 Å². The summed E-state index contributed by atoms with van der Waals surface area (Å²) in [5.41, 5.74) is 0.236. The monoisotopic (exact) mass is 436 g/mol. The van der Waals surface area contributed by atoms with Crippen molar-refractivity contribution in [2.45, 2.75) is 37.5 Å². The number of rotatable bonds is 6. The summed E-state index contributed by atoms with van der Waals surface area (Å²) in [6, 6.07) is 6.53. The van der Waals surface area contributed by atoms with Gasteiger partial charge in [-0.25, -0.2) is 8.42 Å². The van der Waals surface area contributed by atoms with E-state index in [0.29, 0.717) is 45.8 Å². The number of carbonyl (C=O) groups is 2. The summed E-state index contributed by atoms with van der Waals surface area (Å²) in [6.07, 6.45) is 3.48. The molecule has 2 saturated heterocycles. The summed E-state index contributed by atoms with van der Waals surface area (Å²) in [5, 5.41) is 2.80. The maximum absolute atomic E-state index is 13.3. The first-order valence-corrected chi connectivity index (χ1v) is 12.2. The Labute approximate surface area is 179 Å². The maximum Gasteiger partial charge on any atom is 0.255 e. The van der Waals surface area contributed by atoms with Crippen LogP contribution in [-0.2, 0) is 14.8 Å². The Hall–Kier alpha value is -1.97. The molecule has 0 saturated carbocycles. The fraction of sp³-hybridized carbons (Fsp3) is 0.619. The molecule has 2 aliphatic heterocycles. The van der Waals surface area contributed by atoms with Gasteiger partial charge in [0.1, 0.15) is 0 Å². The van der Waals surface area contributed by atoms with Crippen molar-refractivity contribution in [2.24, 2.45) is 0 Å². The fourth-order valence-electron chi connectivity index (χ4n) is 4.07. The van der Waals surface area contributed by atoms with Crippen LogP contribution in [-0.4, -0.2) is 86.7 Å².